The molecule has 2 heteroatoms. The highest BCUT2D eigenvalue weighted by Crippen LogP contribution is 2.14. The lowest BCUT2D eigenvalue weighted by atomic mass is 10.1. The first-order chi connectivity index (χ1) is 4.68. The molecule has 0 spiro atoms. The SMILES string of the molecule is CCCCCC(Br)C(C)O. The Morgan fingerprint density at radius 2 is 2.00 bits per heavy atom. The van der Waals surface area contributed by atoms with Crippen LogP contribution in [0.15, 0.2) is 0 Å². The molecule has 0 bridgehead atoms. The van der Waals surface area contributed by atoms with Crippen molar-refractivity contribution < 1.29 is 5.11 Å². The molecule has 0 saturated heterocycles. The quantitative estimate of drug-likeness (QED) is 0.545. The minimum Gasteiger partial charge on any atom is -0.392 e. The molecule has 0 aliphatic rings. The van der Waals surface area contributed by atoms with E-state index < -0.39 is 0 Å². The molecule has 1 N–H and O–H groups in total. The Morgan fingerprint density at radius 3 is 2.40 bits per heavy atom. The summed E-state index contributed by atoms with van der Waals surface area (Å²) in [5.74, 6) is 0. The molecule has 0 aromatic rings. The van der Waals surface area contributed by atoms with Crippen LogP contribution in [0.5, 0.6) is 0 Å². The maximum atomic E-state index is 9.07. The van der Waals surface area contributed by atoms with Crippen molar-refractivity contribution in [2.45, 2.75) is 50.5 Å². The molecule has 0 aliphatic carbocycles. The molecule has 0 aromatic carbocycles. The third-order valence-corrected chi connectivity index (χ3v) is 2.83. The molecule has 0 fully saturated rings. The van der Waals surface area contributed by atoms with Gasteiger partial charge in [-0.25, -0.2) is 0 Å². The van der Waals surface area contributed by atoms with Crippen molar-refractivity contribution in [2.75, 3.05) is 0 Å². The molecule has 0 amide bonds. The molecule has 0 rings (SSSR count). The Morgan fingerprint density at radius 1 is 1.40 bits per heavy atom. The first-order valence-electron chi connectivity index (χ1n) is 4.00. The van der Waals surface area contributed by atoms with E-state index in [1.807, 2.05) is 6.92 Å². The number of halogens is 1. The van der Waals surface area contributed by atoms with Crippen LogP contribution in [-0.4, -0.2) is 16.0 Å². The maximum Gasteiger partial charge on any atom is 0.0637 e. The zero-order chi connectivity index (χ0) is 7.98. The minimum atomic E-state index is -0.211. The van der Waals surface area contributed by atoms with Gasteiger partial charge in [0.25, 0.3) is 0 Å². The molecule has 62 valence electrons. The van der Waals surface area contributed by atoms with Gasteiger partial charge in [-0.2, -0.15) is 0 Å². The van der Waals surface area contributed by atoms with Gasteiger partial charge in [0, 0.05) is 4.83 Å². The third kappa shape index (κ3) is 5.24. The minimum absolute atomic E-state index is 0.211. The van der Waals surface area contributed by atoms with Gasteiger partial charge in [0.2, 0.25) is 0 Å². The molecular formula is C8H17BrO. The summed E-state index contributed by atoms with van der Waals surface area (Å²) in [5, 5.41) is 9.07. The van der Waals surface area contributed by atoms with Crippen molar-refractivity contribution in [1.82, 2.24) is 0 Å². The third-order valence-electron chi connectivity index (χ3n) is 1.61. The summed E-state index contributed by atoms with van der Waals surface area (Å²) < 4.78 is 0. The van der Waals surface area contributed by atoms with Crippen LogP contribution >= 0.6 is 15.9 Å². The molecular weight excluding hydrogens is 192 g/mol. The van der Waals surface area contributed by atoms with E-state index in [1.54, 1.807) is 0 Å². The van der Waals surface area contributed by atoms with Gasteiger partial charge in [0.05, 0.1) is 6.10 Å². The summed E-state index contributed by atoms with van der Waals surface area (Å²) in [7, 11) is 0. The maximum absolute atomic E-state index is 9.07. The van der Waals surface area contributed by atoms with Crippen LogP contribution in [0, 0.1) is 0 Å². The highest BCUT2D eigenvalue weighted by Gasteiger charge is 2.08. The van der Waals surface area contributed by atoms with E-state index in [1.165, 1.54) is 19.3 Å². The second-order valence-corrected chi connectivity index (χ2v) is 3.93. The predicted molar refractivity (Wildman–Crippen MR) is 48.5 cm³/mol. The summed E-state index contributed by atoms with van der Waals surface area (Å²) in [6.45, 7) is 4.01. The Kier molecular flexibility index (Phi) is 6.44. The van der Waals surface area contributed by atoms with Crippen molar-refractivity contribution in [1.29, 1.82) is 0 Å². The van der Waals surface area contributed by atoms with Crippen LogP contribution in [0.4, 0.5) is 0 Å². The van der Waals surface area contributed by atoms with Crippen LogP contribution in [0.3, 0.4) is 0 Å². The van der Waals surface area contributed by atoms with Crippen molar-refractivity contribution in [3.63, 3.8) is 0 Å². The fraction of sp³-hybridized carbons (Fsp3) is 1.00. The Labute approximate surface area is 72.0 Å². The van der Waals surface area contributed by atoms with Gasteiger partial charge < -0.3 is 5.11 Å². The fourth-order valence-corrected chi connectivity index (χ4v) is 1.15. The molecule has 0 aliphatic heterocycles. The number of hydrogen-bond acceptors (Lipinski definition) is 1. The van der Waals surface area contributed by atoms with Gasteiger partial charge in [-0.3, -0.25) is 0 Å². The van der Waals surface area contributed by atoms with E-state index >= 15 is 0 Å². The molecule has 10 heavy (non-hydrogen) atoms. The normalized spacial score (nSPS) is 16.8. The summed E-state index contributed by atoms with van der Waals surface area (Å²) in [5.41, 5.74) is 0. The first-order valence-corrected chi connectivity index (χ1v) is 4.92. The Bertz CT molecular complexity index is 73.7. The number of rotatable bonds is 5. The number of aliphatic hydroxyl groups excluding tert-OH is 1. The highest BCUT2D eigenvalue weighted by molar-refractivity contribution is 9.09. The number of aliphatic hydroxyl groups is 1. The van der Waals surface area contributed by atoms with Gasteiger partial charge in [-0.05, 0) is 13.3 Å². The zero-order valence-corrected chi connectivity index (χ0v) is 8.39. The van der Waals surface area contributed by atoms with Crippen molar-refractivity contribution in [3.05, 3.63) is 0 Å². The van der Waals surface area contributed by atoms with E-state index in [2.05, 4.69) is 22.9 Å². The number of alkyl halides is 1. The van der Waals surface area contributed by atoms with Gasteiger partial charge in [0.15, 0.2) is 0 Å². The van der Waals surface area contributed by atoms with E-state index in [0.29, 0.717) is 4.83 Å². The zero-order valence-electron chi connectivity index (χ0n) is 6.81. The first kappa shape index (κ1) is 10.4. The van der Waals surface area contributed by atoms with Crippen molar-refractivity contribution in [2.24, 2.45) is 0 Å². The monoisotopic (exact) mass is 208 g/mol. The van der Waals surface area contributed by atoms with Crippen LogP contribution in [0.25, 0.3) is 0 Å². The molecule has 1 nitrogen and oxygen atoms in total. The second kappa shape index (κ2) is 6.17. The Balaban J connectivity index is 3.13. The molecule has 0 aromatic heterocycles. The largest absolute Gasteiger partial charge is 0.392 e. The van der Waals surface area contributed by atoms with Crippen LogP contribution in [0.1, 0.15) is 39.5 Å². The van der Waals surface area contributed by atoms with Gasteiger partial charge in [-0.1, -0.05) is 42.1 Å². The Hall–Kier alpha value is 0.440. The lowest BCUT2D eigenvalue weighted by Gasteiger charge is -2.11. The lowest BCUT2D eigenvalue weighted by Crippen LogP contribution is -2.15. The highest BCUT2D eigenvalue weighted by atomic mass is 79.9. The van der Waals surface area contributed by atoms with Gasteiger partial charge in [0.1, 0.15) is 0 Å². The van der Waals surface area contributed by atoms with Gasteiger partial charge in [-0.15, -0.1) is 0 Å². The van der Waals surface area contributed by atoms with Crippen LogP contribution < -0.4 is 0 Å². The summed E-state index contributed by atoms with van der Waals surface area (Å²) in [6, 6.07) is 0. The average Bonchev–Trinajstić information content (AvgIpc) is 1.88. The smallest absolute Gasteiger partial charge is 0.0637 e. The van der Waals surface area contributed by atoms with E-state index in [4.69, 9.17) is 5.11 Å². The predicted octanol–water partition coefficient (Wildman–Crippen LogP) is 2.71. The lowest BCUT2D eigenvalue weighted by molar-refractivity contribution is 0.189. The van der Waals surface area contributed by atoms with Crippen LogP contribution in [0.2, 0.25) is 0 Å². The van der Waals surface area contributed by atoms with E-state index in [-0.39, 0.29) is 6.10 Å². The van der Waals surface area contributed by atoms with E-state index in [0.717, 1.165) is 6.42 Å². The van der Waals surface area contributed by atoms with E-state index in [9.17, 15) is 0 Å². The molecule has 0 radical (unpaired) electrons. The second-order valence-electron chi connectivity index (χ2n) is 2.75. The molecule has 0 saturated carbocycles. The number of unbranched alkanes of at least 4 members (excludes halogenated alkanes) is 2. The molecule has 0 heterocycles. The fourth-order valence-electron chi connectivity index (χ4n) is 0.831. The molecule has 2 unspecified atom stereocenters. The average molecular weight is 209 g/mol. The summed E-state index contributed by atoms with van der Waals surface area (Å²) in [6.07, 6.45) is 4.62. The van der Waals surface area contributed by atoms with Crippen LogP contribution in [-0.2, 0) is 0 Å². The summed E-state index contributed by atoms with van der Waals surface area (Å²) in [4.78, 5) is 0.291. The molecule has 2 atom stereocenters. The standard InChI is InChI=1S/C8H17BrO/c1-3-4-5-6-8(9)7(2)10/h7-8,10H,3-6H2,1-2H3. The van der Waals surface area contributed by atoms with Crippen molar-refractivity contribution >= 4 is 15.9 Å². The van der Waals surface area contributed by atoms with Crippen molar-refractivity contribution in [3.8, 4) is 0 Å². The topological polar surface area (TPSA) is 20.2 Å². The number of hydrogen-bond donors (Lipinski definition) is 1. The van der Waals surface area contributed by atoms with Gasteiger partial charge >= 0.3 is 0 Å². The summed E-state index contributed by atoms with van der Waals surface area (Å²) >= 11 is 3.42.